The summed E-state index contributed by atoms with van der Waals surface area (Å²) in [7, 11) is 4.33. The smallest absolute Gasteiger partial charge is 0.337 e. The molecule has 11 heteroatoms. The number of benzene rings is 3. The highest BCUT2D eigenvalue weighted by Gasteiger charge is 2.44. The second-order valence-corrected chi connectivity index (χ2v) is 8.95. The Bertz CT molecular complexity index is 1400. The van der Waals surface area contributed by atoms with E-state index in [9.17, 15) is 18.8 Å². The molecule has 1 aliphatic heterocycles. The third-order valence-corrected chi connectivity index (χ3v) is 6.59. The van der Waals surface area contributed by atoms with Gasteiger partial charge in [0.05, 0.1) is 39.0 Å². The number of carbonyl (C=O) groups excluding carboxylic acids is 3. The molecule has 0 aromatic heterocycles. The van der Waals surface area contributed by atoms with Gasteiger partial charge in [0.15, 0.2) is 16.6 Å². The van der Waals surface area contributed by atoms with Crippen LogP contribution >= 0.6 is 12.2 Å². The number of nitrogens with one attached hydrogen (secondary N) is 1. The number of methoxy groups -OCH3 is 3. The molecular weight excluding hydrogens is 525 g/mol. The lowest BCUT2D eigenvalue weighted by molar-refractivity contribution is -0.124. The van der Waals surface area contributed by atoms with E-state index >= 15 is 0 Å². The molecule has 3 aromatic carbocycles. The first-order valence-corrected chi connectivity index (χ1v) is 12.3. The summed E-state index contributed by atoms with van der Waals surface area (Å²) in [5.74, 6) is -0.740. The van der Waals surface area contributed by atoms with Crippen molar-refractivity contribution in [2.24, 2.45) is 0 Å². The molecule has 2 amide bonds. The van der Waals surface area contributed by atoms with Crippen molar-refractivity contribution < 1.29 is 33.0 Å². The Labute approximate surface area is 230 Å². The fourth-order valence-corrected chi connectivity index (χ4v) is 4.60. The van der Waals surface area contributed by atoms with Crippen LogP contribution in [-0.2, 0) is 20.9 Å². The van der Waals surface area contributed by atoms with Crippen LogP contribution in [0.4, 0.5) is 15.8 Å². The second-order valence-electron chi connectivity index (χ2n) is 8.59. The number of rotatable bonds is 9. The third-order valence-electron chi connectivity index (χ3n) is 6.17. The van der Waals surface area contributed by atoms with Crippen LogP contribution < -0.4 is 19.7 Å². The van der Waals surface area contributed by atoms with Crippen LogP contribution in [0, 0.1) is 5.82 Å². The molecule has 0 bridgehead atoms. The minimum absolute atomic E-state index is 0.182. The van der Waals surface area contributed by atoms with E-state index in [1.165, 1.54) is 62.6 Å². The highest BCUT2D eigenvalue weighted by molar-refractivity contribution is 7.80. The maximum atomic E-state index is 13.6. The predicted octanol–water partition coefficient (Wildman–Crippen LogP) is 4.16. The summed E-state index contributed by atoms with van der Waals surface area (Å²) in [5, 5.41) is 2.93. The van der Waals surface area contributed by atoms with Gasteiger partial charge in [0.1, 0.15) is 11.9 Å². The molecule has 1 unspecified atom stereocenters. The zero-order chi connectivity index (χ0) is 28.1. The van der Waals surface area contributed by atoms with E-state index in [1.807, 2.05) is 6.07 Å². The summed E-state index contributed by atoms with van der Waals surface area (Å²) >= 11 is 5.68. The van der Waals surface area contributed by atoms with Crippen molar-refractivity contribution in [3.05, 3.63) is 83.7 Å². The second kappa shape index (κ2) is 11.9. The van der Waals surface area contributed by atoms with Crippen LogP contribution in [-0.4, -0.2) is 55.2 Å². The summed E-state index contributed by atoms with van der Waals surface area (Å²) in [6.07, 6.45) is -0.206. The Morgan fingerprint density at radius 1 is 0.949 bits per heavy atom. The number of thiocarbonyl (C=S) groups is 1. The zero-order valence-electron chi connectivity index (χ0n) is 21.5. The number of hydrogen-bond acceptors (Lipinski definition) is 7. The molecule has 9 nitrogen and oxygen atoms in total. The van der Waals surface area contributed by atoms with Crippen LogP contribution in [0.5, 0.6) is 11.5 Å². The largest absolute Gasteiger partial charge is 0.493 e. The van der Waals surface area contributed by atoms with Crippen molar-refractivity contribution in [3.63, 3.8) is 0 Å². The molecular formula is C28H26FN3O6S. The van der Waals surface area contributed by atoms with Crippen LogP contribution in [0.3, 0.4) is 0 Å². The molecule has 0 radical (unpaired) electrons. The molecule has 0 aliphatic carbocycles. The summed E-state index contributed by atoms with van der Waals surface area (Å²) in [4.78, 5) is 41.3. The van der Waals surface area contributed by atoms with Crippen molar-refractivity contribution in [3.8, 4) is 11.5 Å². The van der Waals surface area contributed by atoms with Crippen molar-refractivity contribution in [2.45, 2.75) is 19.0 Å². The van der Waals surface area contributed by atoms with Gasteiger partial charge in [-0.05, 0) is 78.4 Å². The third kappa shape index (κ3) is 5.99. The molecule has 1 atom stereocenters. The average molecular weight is 552 g/mol. The Kier molecular flexibility index (Phi) is 8.40. The maximum Gasteiger partial charge on any atom is 0.337 e. The van der Waals surface area contributed by atoms with E-state index in [4.69, 9.17) is 21.7 Å². The lowest BCUT2D eigenvalue weighted by Gasteiger charge is -2.24. The zero-order valence-corrected chi connectivity index (χ0v) is 22.3. The summed E-state index contributed by atoms with van der Waals surface area (Å²) in [6.45, 7) is 0.203. The first-order valence-electron chi connectivity index (χ1n) is 11.8. The highest BCUT2D eigenvalue weighted by atomic mass is 32.1. The summed E-state index contributed by atoms with van der Waals surface area (Å²) in [5.41, 5.74) is 1.95. The van der Waals surface area contributed by atoms with Gasteiger partial charge in [-0.1, -0.05) is 6.07 Å². The summed E-state index contributed by atoms with van der Waals surface area (Å²) < 4.78 is 29.0. The molecule has 4 rings (SSSR count). The molecule has 1 aliphatic rings. The number of nitrogens with zero attached hydrogens (tertiary/aromatic N) is 2. The Morgan fingerprint density at radius 3 is 2.23 bits per heavy atom. The SMILES string of the molecule is COC(=O)c1ccc(NC(=O)CC2C(=O)N(c3ccc(F)cc3)C(=S)N2Cc2ccc(OC)c(OC)c2)cc1. The average Bonchev–Trinajstić information content (AvgIpc) is 3.17. The predicted molar refractivity (Wildman–Crippen MR) is 146 cm³/mol. The molecule has 1 fully saturated rings. The van der Waals surface area contributed by atoms with Gasteiger partial charge >= 0.3 is 5.97 Å². The van der Waals surface area contributed by atoms with Crippen LogP contribution in [0.2, 0.25) is 0 Å². The van der Waals surface area contributed by atoms with Gasteiger partial charge in [-0.25, -0.2) is 9.18 Å². The van der Waals surface area contributed by atoms with Crippen molar-refractivity contribution >= 4 is 46.5 Å². The van der Waals surface area contributed by atoms with Crippen LogP contribution in [0.25, 0.3) is 0 Å². The fraction of sp³-hybridized carbons (Fsp3) is 0.214. The lowest BCUT2D eigenvalue weighted by Crippen LogP contribution is -2.37. The molecule has 39 heavy (non-hydrogen) atoms. The van der Waals surface area contributed by atoms with Crippen LogP contribution in [0.15, 0.2) is 66.7 Å². The first kappa shape index (κ1) is 27.5. The summed E-state index contributed by atoms with van der Waals surface area (Å²) in [6, 6.07) is 16.0. The molecule has 1 N–H and O–H groups in total. The molecule has 0 spiro atoms. The topological polar surface area (TPSA) is 97.4 Å². The van der Waals surface area contributed by atoms with Gasteiger partial charge in [0, 0.05) is 12.2 Å². The van der Waals surface area contributed by atoms with Gasteiger partial charge in [0.25, 0.3) is 5.91 Å². The number of anilines is 2. The van der Waals surface area contributed by atoms with E-state index < -0.39 is 29.6 Å². The molecule has 1 saturated heterocycles. The number of amides is 2. The maximum absolute atomic E-state index is 13.6. The van der Waals surface area contributed by atoms with E-state index in [2.05, 4.69) is 10.1 Å². The molecule has 0 saturated carbocycles. The fourth-order valence-electron chi connectivity index (χ4n) is 4.21. The van der Waals surface area contributed by atoms with Crippen molar-refractivity contribution in [1.82, 2.24) is 4.90 Å². The number of carbonyl (C=O) groups is 3. The van der Waals surface area contributed by atoms with E-state index in [0.717, 1.165) is 5.56 Å². The first-order chi connectivity index (χ1) is 18.7. The van der Waals surface area contributed by atoms with Crippen molar-refractivity contribution in [2.75, 3.05) is 31.5 Å². The normalized spacial score (nSPS) is 14.8. The molecule has 3 aromatic rings. The van der Waals surface area contributed by atoms with Gasteiger partial charge < -0.3 is 24.4 Å². The Morgan fingerprint density at radius 2 is 1.62 bits per heavy atom. The van der Waals surface area contributed by atoms with Crippen molar-refractivity contribution in [1.29, 1.82) is 0 Å². The number of hydrogen-bond donors (Lipinski definition) is 1. The standard InChI is InChI=1S/C28H26FN3O6S/c1-36-23-13-4-17(14-24(23)37-2)16-31-22(26(34)32(28(31)39)21-11-7-19(29)8-12-21)15-25(33)30-20-9-5-18(6-10-20)27(35)38-3/h4-14,22H,15-16H2,1-3H3,(H,30,33). The molecule has 1 heterocycles. The Hall–Kier alpha value is -4.51. The minimum atomic E-state index is -0.926. The van der Waals surface area contributed by atoms with E-state index in [1.54, 1.807) is 29.2 Å². The number of halogens is 1. The van der Waals surface area contributed by atoms with Crippen LogP contribution in [0.1, 0.15) is 22.3 Å². The minimum Gasteiger partial charge on any atom is -0.493 e. The highest BCUT2D eigenvalue weighted by Crippen LogP contribution is 2.32. The van der Waals surface area contributed by atoms with E-state index in [0.29, 0.717) is 28.4 Å². The monoisotopic (exact) mass is 551 g/mol. The van der Waals surface area contributed by atoms with E-state index in [-0.39, 0.29) is 18.1 Å². The Balaban J connectivity index is 1.59. The number of ether oxygens (including phenoxy) is 3. The van der Waals surface area contributed by atoms with Gasteiger partial charge in [0.2, 0.25) is 5.91 Å². The van der Waals surface area contributed by atoms with Gasteiger partial charge in [-0.3, -0.25) is 14.5 Å². The number of esters is 1. The lowest BCUT2D eigenvalue weighted by atomic mass is 10.1. The quantitative estimate of drug-likeness (QED) is 0.313. The molecule has 202 valence electrons. The van der Waals surface area contributed by atoms with Gasteiger partial charge in [-0.2, -0.15) is 0 Å². The van der Waals surface area contributed by atoms with Gasteiger partial charge in [-0.15, -0.1) is 0 Å².